The molecule has 1 aromatic carbocycles. The van der Waals surface area contributed by atoms with Gasteiger partial charge >= 0.3 is 6.03 Å². The van der Waals surface area contributed by atoms with Crippen LogP contribution in [0.5, 0.6) is 11.5 Å². The second-order valence-corrected chi connectivity index (χ2v) is 6.83. The van der Waals surface area contributed by atoms with Gasteiger partial charge in [0.15, 0.2) is 5.75 Å². The van der Waals surface area contributed by atoms with Gasteiger partial charge in [-0.15, -0.1) is 0 Å². The minimum atomic E-state index is -4.13. The van der Waals surface area contributed by atoms with E-state index in [9.17, 15) is 13.2 Å². The molecule has 0 saturated heterocycles. The van der Waals surface area contributed by atoms with Gasteiger partial charge in [-0.05, 0) is 24.6 Å². The quantitative estimate of drug-likeness (QED) is 0.815. The number of amides is 2. The van der Waals surface area contributed by atoms with Crippen LogP contribution < -0.4 is 14.8 Å². The molecule has 0 aliphatic heterocycles. The van der Waals surface area contributed by atoms with E-state index in [1.165, 1.54) is 12.3 Å². The second-order valence-electron chi connectivity index (χ2n) is 4.74. The summed E-state index contributed by atoms with van der Waals surface area (Å²) >= 11 is 5.88. The molecule has 2 rings (SSSR count). The van der Waals surface area contributed by atoms with E-state index in [0.717, 1.165) is 6.20 Å². The molecular formula is C15H16ClN3O4S. The number of hydrogen-bond acceptors (Lipinski definition) is 5. The number of halogens is 1. The van der Waals surface area contributed by atoms with E-state index in [4.69, 9.17) is 16.3 Å². The molecule has 0 aliphatic carbocycles. The highest BCUT2D eigenvalue weighted by molar-refractivity contribution is 7.90. The first-order chi connectivity index (χ1) is 11.4. The van der Waals surface area contributed by atoms with E-state index in [0.29, 0.717) is 23.7 Å². The zero-order chi connectivity index (χ0) is 17.6. The Labute approximate surface area is 145 Å². The van der Waals surface area contributed by atoms with Crippen LogP contribution in [0.15, 0.2) is 47.6 Å². The fraction of sp³-hybridized carbons (Fsp3) is 0.200. The molecule has 0 radical (unpaired) electrons. The van der Waals surface area contributed by atoms with E-state index < -0.39 is 16.1 Å². The predicted molar refractivity (Wildman–Crippen MR) is 89.8 cm³/mol. The molecule has 9 heteroatoms. The van der Waals surface area contributed by atoms with Crippen LogP contribution in [0, 0.1) is 0 Å². The zero-order valence-corrected chi connectivity index (χ0v) is 14.4. The van der Waals surface area contributed by atoms with Crippen LogP contribution in [0.4, 0.5) is 4.79 Å². The summed E-state index contributed by atoms with van der Waals surface area (Å²) < 4.78 is 32.2. The van der Waals surface area contributed by atoms with Crippen molar-refractivity contribution in [3.05, 3.63) is 47.7 Å². The number of carbonyl (C=O) groups excluding carboxylic acids is 1. The highest BCUT2D eigenvalue weighted by Gasteiger charge is 2.22. The number of carbonyl (C=O) groups is 1. The number of pyridine rings is 1. The lowest BCUT2D eigenvalue weighted by atomic mass is 10.3. The number of urea groups is 1. The number of nitrogens with one attached hydrogen (secondary N) is 2. The van der Waals surface area contributed by atoms with Crippen molar-refractivity contribution in [2.75, 3.05) is 6.54 Å². The molecule has 0 unspecified atom stereocenters. The number of benzene rings is 1. The van der Waals surface area contributed by atoms with Crippen LogP contribution in [0.1, 0.15) is 13.3 Å². The molecule has 128 valence electrons. The van der Waals surface area contributed by atoms with Gasteiger partial charge < -0.3 is 10.1 Å². The molecule has 0 aliphatic rings. The van der Waals surface area contributed by atoms with Crippen molar-refractivity contribution >= 4 is 27.7 Å². The molecule has 0 fully saturated rings. The van der Waals surface area contributed by atoms with E-state index in [-0.39, 0.29) is 10.6 Å². The summed E-state index contributed by atoms with van der Waals surface area (Å²) in [5, 5.41) is 2.87. The normalized spacial score (nSPS) is 10.9. The van der Waals surface area contributed by atoms with E-state index in [2.05, 4.69) is 10.3 Å². The van der Waals surface area contributed by atoms with Crippen LogP contribution in [0.3, 0.4) is 0 Å². The number of sulfonamides is 1. The van der Waals surface area contributed by atoms with E-state index >= 15 is 0 Å². The number of nitrogens with zero attached hydrogens (tertiary/aromatic N) is 1. The molecule has 0 atom stereocenters. The lowest BCUT2D eigenvalue weighted by molar-refractivity contribution is 0.246. The highest BCUT2D eigenvalue weighted by Crippen LogP contribution is 2.29. The van der Waals surface area contributed by atoms with Crippen LogP contribution in [-0.4, -0.2) is 26.0 Å². The van der Waals surface area contributed by atoms with Crippen LogP contribution in [-0.2, 0) is 10.0 Å². The second kappa shape index (κ2) is 7.98. The fourth-order valence-corrected chi connectivity index (χ4v) is 2.94. The summed E-state index contributed by atoms with van der Waals surface area (Å²) in [5.41, 5.74) is 0. The Balaban J connectivity index is 2.26. The third kappa shape index (κ3) is 4.84. The number of aromatic nitrogens is 1. The third-order valence-corrected chi connectivity index (χ3v) is 4.40. The summed E-state index contributed by atoms with van der Waals surface area (Å²) in [6.45, 7) is 2.22. The third-order valence-electron chi connectivity index (χ3n) is 2.82. The standard InChI is InChI=1S/C15H16ClN3O4S/c1-2-7-18-15(20)19-24(21,22)14-10-17-8-6-13(14)23-12-5-3-4-11(16)9-12/h3-6,8-10H,2,7H2,1H3,(H2,18,19,20). The summed E-state index contributed by atoms with van der Waals surface area (Å²) in [6, 6.07) is 7.08. The SMILES string of the molecule is CCCNC(=O)NS(=O)(=O)c1cnccc1Oc1cccc(Cl)c1. The predicted octanol–water partition coefficient (Wildman–Crippen LogP) is 2.93. The van der Waals surface area contributed by atoms with Gasteiger partial charge in [-0.3, -0.25) is 4.98 Å². The summed E-state index contributed by atoms with van der Waals surface area (Å²) in [7, 11) is -4.13. The van der Waals surface area contributed by atoms with Gasteiger partial charge in [-0.1, -0.05) is 24.6 Å². The minimum absolute atomic E-state index is 0.0306. The fourth-order valence-electron chi connectivity index (χ4n) is 1.76. The average Bonchev–Trinajstić information content (AvgIpc) is 2.53. The van der Waals surface area contributed by atoms with Gasteiger partial charge in [0.05, 0.1) is 6.20 Å². The summed E-state index contributed by atoms with van der Waals surface area (Å²) in [5.74, 6) is 0.392. The molecule has 0 bridgehead atoms. The Kier molecular flexibility index (Phi) is 5.99. The number of hydrogen-bond donors (Lipinski definition) is 2. The van der Waals surface area contributed by atoms with Gasteiger partial charge in [0.1, 0.15) is 10.6 Å². The Morgan fingerprint density at radius 3 is 2.83 bits per heavy atom. The van der Waals surface area contributed by atoms with Gasteiger partial charge in [-0.2, -0.15) is 0 Å². The first kappa shape index (κ1) is 18.0. The van der Waals surface area contributed by atoms with E-state index in [1.54, 1.807) is 24.3 Å². The molecule has 2 aromatic rings. The Bertz CT molecular complexity index is 827. The van der Waals surface area contributed by atoms with Crippen molar-refractivity contribution in [1.82, 2.24) is 15.0 Å². The van der Waals surface area contributed by atoms with E-state index in [1.807, 2.05) is 11.6 Å². The van der Waals surface area contributed by atoms with Gasteiger partial charge in [0.25, 0.3) is 10.0 Å². The topological polar surface area (TPSA) is 97.4 Å². The largest absolute Gasteiger partial charge is 0.456 e. The zero-order valence-electron chi connectivity index (χ0n) is 12.8. The molecule has 0 spiro atoms. The van der Waals surface area contributed by atoms with Gasteiger partial charge in [0.2, 0.25) is 0 Å². The van der Waals surface area contributed by atoms with Gasteiger partial charge in [-0.25, -0.2) is 17.9 Å². The summed E-state index contributed by atoms with van der Waals surface area (Å²) in [6.07, 6.45) is 3.18. The summed E-state index contributed by atoms with van der Waals surface area (Å²) in [4.78, 5) is 15.2. The molecule has 7 nitrogen and oxygen atoms in total. The lowest BCUT2D eigenvalue weighted by Gasteiger charge is -2.12. The maximum Gasteiger partial charge on any atom is 0.328 e. The van der Waals surface area contributed by atoms with Crippen molar-refractivity contribution in [2.24, 2.45) is 0 Å². The van der Waals surface area contributed by atoms with Crippen LogP contribution >= 0.6 is 11.6 Å². The minimum Gasteiger partial charge on any atom is -0.456 e. The highest BCUT2D eigenvalue weighted by atomic mass is 35.5. The Hall–Kier alpha value is -2.32. The lowest BCUT2D eigenvalue weighted by Crippen LogP contribution is -2.39. The monoisotopic (exact) mass is 369 g/mol. The molecule has 24 heavy (non-hydrogen) atoms. The van der Waals surface area contributed by atoms with Crippen LogP contribution in [0.25, 0.3) is 0 Å². The first-order valence-corrected chi connectivity index (χ1v) is 8.96. The van der Waals surface area contributed by atoms with Crippen molar-refractivity contribution in [1.29, 1.82) is 0 Å². The molecular weight excluding hydrogens is 354 g/mol. The Morgan fingerprint density at radius 2 is 2.12 bits per heavy atom. The van der Waals surface area contributed by atoms with Crippen molar-refractivity contribution in [3.8, 4) is 11.5 Å². The van der Waals surface area contributed by atoms with Crippen molar-refractivity contribution in [3.63, 3.8) is 0 Å². The number of rotatable bonds is 6. The van der Waals surface area contributed by atoms with Crippen LogP contribution in [0.2, 0.25) is 5.02 Å². The van der Waals surface area contributed by atoms with Gasteiger partial charge in [0, 0.05) is 23.8 Å². The van der Waals surface area contributed by atoms with Crippen molar-refractivity contribution in [2.45, 2.75) is 18.2 Å². The smallest absolute Gasteiger partial charge is 0.328 e. The molecule has 2 amide bonds. The maximum absolute atomic E-state index is 12.4. The Morgan fingerprint density at radius 1 is 1.33 bits per heavy atom. The molecule has 1 aromatic heterocycles. The first-order valence-electron chi connectivity index (χ1n) is 7.10. The molecule has 1 heterocycles. The van der Waals surface area contributed by atoms with Crippen molar-refractivity contribution < 1.29 is 17.9 Å². The maximum atomic E-state index is 12.4. The molecule has 0 saturated carbocycles. The molecule has 2 N–H and O–H groups in total. The average molecular weight is 370 g/mol. The number of ether oxygens (including phenoxy) is 1.